The Morgan fingerprint density at radius 3 is 2.20 bits per heavy atom. The molecule has 2 unspecified atom stereocenters. The molecule has 3 N–H and O–H groups in total. The van der Waals surface area contributed by atoms with Crippen molar-refractivity contribution in [1.29, 1.82) is 0 Å². The van der Waals surface area contributed by atoms with Crippen LogP contribution in [0.1, 0.15) is 44.9 Å². The van der Waals surface area contributed by atoms with Gasteiger partial charge in [-0.15, -0.1) is 24.8 Å². The highest BCUT2D eigenvalue weighted by Crippen LogP contribution is 2.32. The van der Waals surface area contributed by atoms with Gasteiger partial charge >= 0.3 is 0 Å². The fourth-order valence-electron chi connectivity index (χ4n) is 5.05. The van der Waals surface area contributed by atoms with Gasteiger partial charge in [0.2, 0.25) is 11.8 Å². The summed E-state index contributed by atoms with van der Waals surface area (Å²) in [5.41, 5.74) is 0.834. The minimum atomic E-state index is 0. The lowest BCUT2D eigenvalue weighted by atomic mass is 9.89. The zero-order valence-corrected chi connectivity index (χ0v) is 19.0. The number of benzene rings is 1. The maximum atomic E-state index is 12.5. The first-order valence-corrected chi connectivity index (χ1v) is 10.8. The number of hydrogen-bond donors (Lipinski definition) is 3. The van der Waals surface area contributed by atoms with Crippen LogP contribution in [0.5, 0.6) is 0 Å². The van der Waals surface area contributed by atoms with E-state index in [9.17, 15) is 9.59 Å². The summed E-state index contributed by atoms with van der Waals surface area (Å²) < 4.78 is 0. The van der Waals surface area contributed by atoms with Crippen LogP contribution in [0.4, 0.5) is 5.69 Å². The number of carbonyl (C=O) groups excluding carboxylic acids is 2. The predicted molar refractivity (Wildman–Crippen MR) is 124 cm³/mol. The number of likely N-dealkylation sites (tertiary alicyclic amines) is 1. The lowest BCUT2D eigenvalue weighted by molar-refractivity contribution is -0.123. The molecule has 0 aromatic heterocycles. The first kappa shape index (κ1) is 24.9. The number of fused-ring (bicyclic) bond motifs is 2. The van der Waals surface area contributed by atoms with Crippen molar-refractivity contribution in [1.82, 2.24) is 15.5 Å². The van der Waals surface area contributed by atoms with Crippen molar-refractivity contribution < 1.29 is 9.59 Å². The second kappa shape index (κ2) is 11.9. The molecule has 0 aliphatic carbocycles. The molecule has 3 aliphatic heterocycles. The molecule has 8 heteroatoms. The second-order valence-corrected chi connectivity index (χ2v) is 8.71. The molecule has 6 nitrogen and oxygen atoms in total. The van der Waals surface area contributed by atoms with E-state index in [1.54, 1.807) is 0 Å². The Morgan fingerprint density at radius 1 is 0.933 bits per heavy atom. The SMILES string of the molecule is Cl.Cl.O=C(CN1CCC(NC(=O)CC2CC3CCC(C2)N3)CC1)Nc1ccccc1. The number of piperidine rings is 2. The maximum absolute atomic E-state index is 12.5. The van der Waals surface area contributed by atoms with Crippen LogP contribution in [0.3, 0.4) is 0 Å². The van der Waals surface area contributed by atoms with Crippen molar-refractivity contribution in [3.8, 4) is 0 Å². The van der Waals surface area contributed by atoms with Crippen molar-refractivity contribution in [2.45, 2.75) is 63.1 Å². The molecule has 4 rings (SSSR count). The summed E-state index contributed by atoms with van der Waals surface area (Å²) >= 11 is 0. The molecule has 3 heterocycles. The maximum Gasteiger partial charge on any atom is 0.238 e. The number of anilines is 1. The van der Waals surface area contributed by atoms with E-state index in [1.807, 2.05) is 30.3 Å². The standard InChI is InChI=1S/C22H32N4O2.2ClH/c27-21(14-16-12-19-6-7-20(13-16)23-19)24-18-8-10-26(11-9-18)15-22(28)25-17-4-2-1-3-5-17;;/h1-5,16,18-20,23H,6-15H2,(H,24,27)(H,25,28);2*1H. The molecule has 0 spiro atoms. The molecule has 0 saturated carbocycles. The van der Waals surface area contributed by atoms with Gasteiger partial charge < -0.3 is 16.0 Å². The Morgan fingerprint density at radius 2 is 1.57 bits per heavy atom. The van der Waals surface area contributed by atoms with Crippen molar-refractivity contribution in [2.24, 2.45) is 5.92 Å². The van der Waals surface area contributed by atoms with Gasteiger partial charge in [0.15, 0.2) is 0 Å². The van der Waals surface area contributed by atoms with E-state index in [0.29, 0.717) is 31.0 Å². The Bertz CT molecular complexity index is 671. The summed E-state index contributed by atoms with van der Waals surface area (Å²) in [5, 5.41) is 9.82. The third-order valence-electron chi connectivity index (χ3n) is 6.42. The molecule has 2 amide bonds. The van der Waals surface area contributed by atoms with Gasteiger partial charge in [0.25, 0.3) is 0 Å². The van der Waals surface area contributed by atoms with Crippen LogP contribution in [0, 0.1) is 5.92 Å². The number of carbonyl (C=O) groups is 2. The highest BCUT2D eigenvalue weighted by molar-refractivity contribution is 5.92. The second-order valence-electron chi connectivity index (χ2n) is 8.71. The first-order valence-electron chi connectivity index (χ1n) is 10.8. The topological polar surface area (TPSA) is 73.5 Å². The third kappa shape index (κ3) is 7.12. The Kier molecular flexibility index (Phi) is 9.88. The number of nitrogens with one attached hydrogen (secondary N) is 3. The van der Waals surface area contributed by atoms with Gasteiger partial charge in [0.1, 0.15) is 0 Å². The van der Waals surface area contributed by atoms with Gasteiger partial charge in [-0.1, -0.05) is 18.2 Å². The van der Waals surface area contributed by atoms with E-state index in [-0.39, 0.29) is 42.7 Å². The highest BCUT2D eigenvalue weighted by atomic mass is 35.5. The minimum absolute atomic E-state index is 0. The van der Waals surface area contributed by atoms with E-state index in [1.165, 1.54) is 12.8 Å². The van der Waals surface area contributed by atoms with Crippen LogP contribution in [0.2, 0.25) is 0 Å². The molecule has 1 aromatic rings. The number of hydrogen-bond acceptors (Lipinski definition) is 4. The molecule has 168 valence electrons. The molecule has 2 bridgehead atoms. The smallest absolute Gasteiger partial charge is 0.238 e. The number of amides is 2. The van der Waals surface area contributed by atoms with Crippen molar-refractivity contribution >= 4 is 42.3 Å². The van der Waals surface area contributed by atoms with Gasteiger partial charge in [0, 0.05) is 43.3 Å². The number of para-hydroxylation sites is 1. The monoisotopic (exact) mass is 456 g/mol. The third-order valence-corrected chi connectivity index (χ3v) is 6.42. The Labute approximate surface area is 191 Å². The van der Waals surface area contributed by atoms with Crippen LogP contribution in [0.25, 0.3) is 0 Å². The van der Waals surface area contributed by atoms with Crippen LogP contribution >= 0.6 is 24.8 Å². The fourth-order valence-corrected chi connectivity index (χ4v) is 5.05. The van der Waals surface area contributed by atoms with Crippen LogP contribution in [-0.2, 0) is 9.59 Å². The van der Waals surface area contributed by atoms with Crippen LogP contribution in [0.15, 0.2) is 30.3 Å². The quantitative estimate of drug-likeness (QED) is 0.614. The molecule has 3 aliphatic rings. The molecular formula is C22H34Cl2N4O2. The molecule has 30 heavy (non-hydrogen) atoms. The Hall–Kier alpha value is -1.34. The predicted octanol–water partition coefficient (Wildman–Crippen LogP) is 2.97. The first-order chi connectivity index (χ1) is 13.6. The lowest BCUT2D eigenvalue weighted by Gasteiger charge is -2.33. The van der Waals surface area contributed by atoms with Crippen molar-refractivity contribution in [3.63, 3.8) is 0 Å². The van der Waals surface area contributed by atoms with Gasteiger partial charge in [-0.05, 0) is 56.6 Å². The Balaban J connectivity index is 0.00000160. The normalized spacial score (nSPS) is 26.2. The molecule has 2 atom stereocenters. The summed E-state index contributed by atoms with van der Waals surface area (Å²) in [5.74, 6) is 0.779. The number of rotatable bonds is 6. The molecule has 3 saturated heterocycles. The van der Waals surface area contributed by atoms with Gasteiger partial charge in [-0.2, -0.15) is 0 Å². The fraction of sp³-hybridized carbons (Fsp3) is 0.636. The van der Waals surface area contributed by atoms with E-state index in [4.69, 9.17) is 0 Å². The molecular weight excluding hydrogens is 423 g/mol. The molecule has 1 aromatic carbocycles. The van der Waals surface area contributed by atoms with E-state index in [0.717, 1.165) is 44.5 Å². The summed E-state index contributed by atoms with van der Waals surface area (Å²) in [4.78, 5) is 26.8. The molecule has 3 fully saturated rings. The average Bonchev–Trinajstić information content (AvgIpc) is 3.02. The summed E-state index contributed by atoms with van der Waals surface area (Å²) in [6.45, 7) is 2.11. The average molecular weight is 457 g/mol. The summed E-state index contributed by atoms with van der Waals surface area (Å²) in [6, 6.07) is 11.1. The van der Waals surface area contributed by atoms with Crippen molar-refractivity contribution in [3.05, 3.63) is 30.3 Å². The van der Waals surface area contributed by atoms with Gasteiger partial charge in [-0.3, -0.25) is 14.5 Å². The minimum Gasteiger partial charge on any atom is -0.353 e. The number of halogens is 2. The van der Waals surface area contributed by atoms with Crippen LogP contribution in [-0.4, -0.2) is 54.5 Å². The zero-order chi connectivity index (χ0) is 19.3. The summed E-state index contributed by atoms with van der Waals surface area (Å²) in [6.07, 6.45) is 7.37. The van der Waals surface area contributed by atoms with E-state index >= 15 is 0 Å². The summed E-state index contributed by atoms with van der Waals surface area (Å²) in [7, 11) is 0. The van der Waals surface area contributed by atoms with E-state index in [2.05, 4.69) is 20.9 Å². The van der Waals surface area contributed by atoms with Gasteiger partial charge in [0.05, 0.1) is 6.54 Å². The van der Waals surface area contributed by atoms with Crippen LogP contribution < -0.4 is 16.0 Å². The van der Waals surface area contributed by atoms with E-state index < -0.39 is 0 Å². The van der Waals surface area contributed by atoms with Crippen molar-refractivity contribution in [2.75, 3.05) is 25.0 Å². The molecule has 0 radical (unpaired) electrons. The highest BCUT2D eigenvalue weighted by Gasteiger charge is 2.34. The zero-order valence-electron chi connectivity index (χ0n) is 17.3. The lowest BCUT2D eigenvalue weighted by Crippen LogP contribution is -2.47. The number of nitrogens with zero attached hydrogens (tertiary/aromatic N) is 1. The largest absolute Gasteiger partial charge is 0.353 e. The van der Waals surface area contributed by atoms with Gasteiger partial charge in [-0.25, -0.2) is 0 Å².